The van der Waals surface area contributed by atoms with Crippen LogP contribution in [0.15, 0.2) is 42.5 Å². The van der Waals surface area contributed by atoms with Crippen LogP contribution in [0.5, 0.6) is 0 Å². The summed E-state index contributed by atoms with van der Waals surface area (Å²) in [6, 6.07) is 13.7. The maximum Gasteiger partial charge on any atom is 0.228 e. The van der Waals surface area contributed by atoms with Gasteiger partial charge in [-0.3, -0.25) is 4.79 Å². The quantitative estimate of drug-likeness (QED) is 0.839. The lowest BCUT2D eigenvalue weighted by molar-refractivity contribution is -0.115. The van der Waals surface area contributed by atoms with Crippen LogP contribution in [0.25, 0.3) is 0 Å². The van der Waals surface area contributed by atoms with Crippen molar-refractivity contribution in [3.8, 4) is 0 Å². The first-order chi connectivity index (χ1) is 9.72. The van der Waals surface area contributed by atoms with Gasteiger partial charge in [-0.2, -0.15) is 0 Å². The minimum Gasteiger partial charge on any atom is -0.398 e. The van der Waals surface area contributed by atoms with Crippen LogP contribution < -0.4 is 11.1 Å². The van der Waals surface area contributed by atoms with Gasteiger partial charge in [0.2, 0.25) is 5.91 Å². The number of nitrogen functional groups attached to an aromatic ring is 1. The average Bonchev–Trinajstić information content (AvgIpc) is 2.89. The third-order valence-electron chi connectivity index (χ3n) is 3.79. The molecule has 1 aliphatic rings. The summed E-state index contributed by atoms with van der Waals surface area (Å²) in [5.41, 5.74) is 11.0. The molecule has 0 atom stereocenters. The lowest BCUT2D eigenvalue weighted by Crippen LogP contribution is -2.15. The predicted octanol–water partition coefficient (Wildman–Crippen LogP) is 2.94. The first-order valence-corrected chi connectivity index (χ1v) is 6.97. The lowest BCUT2D eigenvalue weighted by atomic mass is 10.1. The third kappa shape index (κ3) is 2.67. The van der Waals surface area contributed by atoms with Gasteiger partial charge in [-0.25, -0.2) is 0 Å². The molecule has 0 heterocycles. The largest absolute Gasteiger partial charge is 0.398 e. The van der Waals surface area contributed by atoms with E-state index in [2.05, 4.69) is 17.4 Å². The third-order valence-corrected chi connectivity index (χ3v) is 3.79. The Morgan fingerprint density at radius 1 is 1.10 bits per heavy atom. The van der Waals surface area contributed by atoms with E-state index in [9.17, 15) is 4.79 Å². The van der Waals surface area contributed by atoms with E-state index < -0.39 is 0 Å². The fraction of sp³-hybridized carbons (Fsp3) is 0.235. The SMILES string of the molecule is Nc1ccccc1CC(=O)Nc1ccc2c(c1)CCC2. The molecule has 20 heavy (non-hydrogen) atoms. The molecule has 3 heteroatoms. The number of aryl methyl sites for hydroxylation is 2. The molecule has 3 rings (SSSR count). The number of benzene rings is 2. The number of nitrogens with two attached hydrogens (primary N) is 1. The summed E-state index contributed by atoms with van der Waals surface area (Å²) in [4.78, 5) is 12.1. The second-order valence-electron chi connectivity index (χ2n) is 5.26. The molecule has 2 aromatic rings. The van der Waals surface area contributed by atoms with E-state index in [1.807, 2.05) is 30.3 Å². The van der Waals surface area contributed by atoms with Crippen LogP contribution >= 0.6 is 0 Å². The van der Waals surface area contributed by atoms with Crippen molar-refractivity contribution in [2.75, 3.05) is 11.1 Å². The summed E-state index contributed by atoms with van der Waals surface area (Å²) < 4.78 is 0. The Morgan fingerprint density at radius 2 is 1.90 bits per heavy atom. The van der Waals surface area contributed by atoms with Crippen molar-refractivity contribution in [1.82, 2.24) is 0 Å². The van der Waals surface area contributed by atoms with Crippen LogP contribution in [0.3, 0.4) is 0 Å². The maximum absolute atomic E-state index is 12.1. The van der Waals surface area contributed by atoms with Gasteiger partial charge in [-0.05, 0) is 54.2 Å². The molecule has 3 nitrogen and oxygen atoms in total. The van der Waals surface area contributed by atoms with E-state index in [-0.39, 0.29) is 5.91 Å². The van der Waals surface area contributed by atoms with Gasteiger partial charge < -0.3 is 11.1 Å². The van der Waals surface area contributed by atoms with Crippen molar-refractivity contribution in [3.63, 3.8) is 0 Å². The number of amides is 1. The fourth-order valence-corrected chi connectivity index (χ4v) is 2.72. The molecule has 1 amide bonds. The molecule has 0 unspecified atom stereocenters. The van der Waals surface area contributed by atoms with Gasteiger partial charge in [0.05, 0.1) is 6.42 Å². The van der Waals surface area contributed by atoms with Crippen LogP contribution in [0, 0.1) is 0 Å². The maximum atomic E-state index is 12.1. The molecule has 1 aliphatic carbocycles. The second-order valence-corrected chi connectivity index (χ2v) is 5.26. The summed E-state index contributed by atoms with van der Waals surface area (Å²) in [5.74, 6) is -0.0270. The van der Waals surface area contributed by atoms with Gasteiger partial charge in [-0.15, -0.1) is 0 Å². The molecule has 102 valence electrons. The fourth-order valence-electron chi connectivity index (χ4n) is 2.72. The minimum atomic E-state index is -0.0270. The van der Waals surface area contributed by atoms with E-state index in [0.29, 0.717) is 12.1 Å². The Labute approximate surface area is 118 Å². The summed E-state index contributed by atoms with van der Waals surface area (Å²) in [6.45, 7) is 0. The molecule has 0 aromatic heterocycles. The Hall–Kier alpha value is -2.29. The number of fused-ring (bicyclic) bond motifs is 1. The lowest BCUT2D eigenvalue weighted by Gasteiger charge is -2.08. The number of anilines is 2. The summed E-state index contributed by atoms with van der Waals surface area (Å²) >= 11 is 0. The molecule has 0 spiro atoms. The smallest absolute Gasteiger partial charge is 0.228 e. The topological polar surface area (TPSA) is 55.1 Å². The molecule has 0 aliphatic heterocycles. The Morgan fingerprint density at radius 3 is 2.75 bits per heavy atom. The first kappa shape index (κ1) is 12.7. The molecule has 2 aromatic carbocycles. The van der Waals surface area contributed by atoms with Crippen LogP contribution in [-0.4, -0.2) is 5.91 Å². The number of carbonyl (C=O) groups excluding carboxylic acids is 1. The van der Waals surface area contributed by atoms with Gasteiger partial charge >= 0.3 is 0 Å². The van der Waals surface area contributed by atoms with E-state index in [1.165, 1.54) is 17.5 Å². The zero-order valence-electron chi connectivity index (χ0n) is 11.4. The highest BCUT2D eigenvalue weighted by molar-refractivity contribution is 5.93. The highest BCUT2D eigenvalue weighted by Crippen LogP contribution is 2.25. The average molecular weight is 266 g/mol. The van der Waals surface area contributed by atoms with Gasteiger partial charge in [0.25, 0.3) is 0 Å². The normalized spacial score (nSPS) is 13.0. The number of hydrogen-bond donors (Lipinski definition) is 2. The monoisotopic (exact) mass is 266 g/mol. The van der Waals surface area contributed by atoms with E-state index >= 15 is 0 Å². The standard InChI is InChI=1S/C17H18N2O/c18-16-7-2-1-4-14(16)11-17(20)19-15-9-8-12-5-3-6-13(12)10-15/h1-2,4,7-10H,3,5-6,11,18H2,(H,19,20). The van der Waals surface area contributed by atoms with Crippen molar-refractivity contribution in [2.45, 2.75) is 25.7 Å². The highest BCUT2D eigenvalue weighted by Gasteiger charge is 2.12. The molecular formula is C17H18N2O. The van der Waals surface area contributed by atoms with Gasteiger partial charge in [0.1, 0.15) is 0 Å². The highest BCUT2D eigenvalue weighted by atomic mass is 16.1. The summed E-state index contributed by atoms with van der Waals surface area (Å²) in [6.07, 6.45) is 3.80. The summed E-state index contributed by atoms with van der Waals surface area (Å²) in [7, 11) is 0. The van der Waals surface area contributed by atoms with E-state index in [1.54, 1.807) is 0 Å². The first-order valence-electron chi connectivity index (χ1n) is 6.97. The van der Waals surface area contributed by atoms with E-state index in [4.69, 9.17) is 5.73 Å². The van der Waals surface area contributed by atoms with Crippen molar-refractivity contribution in [1.29, 1.82) is 0 Å². The van der Waals surface area contributed by atoms with Crippen LogP contribution in [0.2, 0.25) is 0 Å². The molecule has 0 fully saturated rings. The van der Waals surface area contributed by atoms with E-state index in [0.717, 1.165) is 24.1 Å². The predicted molar refractivity (Wildman–Crippen MR) is 81.7 cm³/mol. The van der Waals surface area contributed by atoms with Crippen molar-refractivity contribution < 1.29 is 4.79 Å². The Bertz CT molecular complexity index is 649. The number of rotatable bonds is 3. The number of para-hydroxylation sites is 1. The van der Waals surface area contributed by atoms with Crippen LogP contribution in [-0.2, 0) is 24.1 Å². The molecule has 0 saturated carbocycles. The molecule has 0 saturated heterocycles. The molecule has 3 N–H and O–H groups in total. The van der Waals surface area contributed by atoms with Crippen molar-refractivity contribution >= 4 is 17.3 Å². The number of nitrogens with one attached hydrogen (secondary N) is 1. The van der Waals surface area contributed by atoms with Gasteiger partial charge in [0, 0.05) is 11.4 Å². The number of carbonyl (C=O) groups is 1. The zero-order chi connectivity index (χ0) is 13.9. The second kappa shape index (κ2) is 5.37. The van der Waals surface area contributed by atoms with Gasteiger partial charge in [-0.1, -0.05) is 24.3 Å². The van der Waals surface area contributed by atoms with Crippen LogP contribution in [0.4, 0.5) is 11.4 Å². The molecule has 0 radical (unpaired) electrons. The summed E-state index contributed by atoms with van der Waals surface area (Å²) in [5, 5.41) is 2.95. The Kier molecular flexibility index (Phi) is 3.42. The number of hydrogen-bond acceptors (Lipinski definition) is 2. The molecule has 0 bridgehead atoms. The Balaban J connectivity index is 1.69. The van der Waals surface area contributed by atoms with Gasteiger partial charge in [0.15, 0.2) is 0 Å². The molecular weight excluding hydrogens is 248 g/mol. The van der Waals surface area contributed by atoms with Crippen molar-refractivity contribution in [3.05, 3.63) is 59.2 Å². The minimum absolute atomic E-state index is 0.0270. The van der Waals surface area contributed by atoms with Crippen LogP contribution in [0.1, 0.15) is 23.1 Å². The van der Waals surface area contributed by atoms with Crippen molar-refractivity contribution in [2.24, 2.45) is 0 Å². The zero-order valence-corrected chi connectivity index (χ0v) is 11.4.